The Hall–Kier alpha value is -0.340. The highest BCUT2D eigenvalue weighted by atomic mass is 14.9. The third-order valence-electron chi connectivity index (χ3n) is 1.89. The van der Waals surface area contributed by atoms with Crippen LogP contribution in [0, 0.1) is 0 Å². The van der Waals surface area contributed by atoms with Gasteiger partial charge in [-0.25, -0.2) is 0 Å². The lowest BCUT2D eigenvalue weighted by Crippen LogP contribution is -2.25. The van der Waals surface area contributed by atoms with Crippen LogP contribution in [0.2, 0.25) is 0 Å². The van der Waals surface area contributed by atoms with Gasteiger partial charge in [0, 0.05) is 6.04 Å². The van der Waals surface area contributed by atoms with Crippen molar-refractivity contribution < 1.29 is 0 Å². The summed E-state index contributed by atoms with van der Waals surface area (Å²) in [6.45, 7) is 10.8. The van der Waals surface area contributed by atoms with Crippen molar-refractivity contribution in [2.75, 3.05) is 13.6 Å². The molecule has 0 aromatic rings. The molecule has 0 aromatic carbocycles. The van der Waals surface area contributed by atoms with Crippen LogP contribution in [0.25, 0.3) is 0 Å². The standard InChI is InChI=1S/C9H20N2.C2H6/c1-8(2)9(11-3)6-4-5-7-10;1-2/h9,11H,1,4-7,10H2,2-3H3;1-2H3. The fraction of sp³-hybridized carbons (Fsp3) is 0.818. The summed E-state index contributed by atoms with van der Waals surface area (Å²) >= 11 is 0. The normalized spacial score (nSPS) is 11.5. The minimum Gasteiger partial charge on any atom is -0.330 e. The lowest BCUT2D eigenvalue weighted by molar-refractivity contribution is 0.550. The van der Waals surface area contributed by atoms with E-state index in [-0.39, 0.29) is 0 Å². The molecule has 80 valence electrons. The minimum absolute atomic E-state index is 0.474. The van der Waals surface area contributed by atoms with Gasteiger partial charge in [-0.15, -0.1) is 0 Å². The number of hydrogen-bond acceptors (Lipinski definition) is 2. The number of rotatable bonds is 6. The molecule has 13 heavy (non-hydrogen) atoms. The Morgan fingerprint density at radius 3 is 2.23 bits per heavy atom. The molecule has 0 aliphatic carbocycles. The van der Waals surface area contributed by atoms with Gasteiger partial charge in [-0.3, -0.25) is 0 Å². The van der Waals surface area contributed by atoms with E-state index in [1.165, 1.54) is 12.0 Å². The Bertz CT molecular complexity index is 111. The molecule has 0 rings (SSSR count). The van der Waals surface area contributed by atoms with Crippen LogP contribution in [-0.4, -0.2) is 19.6 Å². The molecule has 1 atom stereocenters. The van der Waals surface area contributed by atoms with Crippen molar-refractivity contribution in [3.05, 3.63) is 12.2 Å². The number of likely N-dealkylation sites (N-methyl/N-ethyl adjacent to an activating group) is 1. The van der Waals surface area contributed by atoms with Crippen LogP contribution >= 0.6 is 0 Å². The highest BCUT2D eigenvalue weighted by molar-refractivity contribution is 5.00. The summed E-state index contributed by atoms with van der Waals surface area (Å²) in [6, 6.07) is 0.474. The van der Waals surface area contributed by atoms with E-state index in [1.54, 1.807) is 0 Å². The van der Waals surface area contributed by atoms with E-state index < -0.39 is 0 Å². The Balaban J connectivity index is 0. The zero-order chi connectivity index (χ0) is 10.7. The molecule has 0 amide bonds. The van der Waals surface area contributed by atoms with E-state index in [4.69, 9.17) is 5.73 Å². The Labute approximate surface area is 83.6 Å². The summed E-state index contributed by atoms with van der Waals surface area (Å²) < 4.78 is 0. The number of nitrogens with two attached hydrogens (primary N) is 1. The third-order valence-corrected chi connectivity index (χ3v) is 1.89. The molecule has 0 aliphatic rings. The van der Waals surface area contributed by atoms with Crippen LogP contribution in [0.15, 0.2) is 12.2 Å². The topological polar surface area (TPSA) is 38.0 Å². The number of nitrogens with one attached hydrogen (secondary N) is 1. The smallest absolute Gasteiger partial charge is 0.0271 e. The van der Waals surface area contributed by atoms with E-state index in [0.29, 0.717) is 6.04 Å². The molecule has 0 aliphatic heterocycles. The summed E-state index contributed by atoms with van der Waals surface area (Å²) in [5.74, 6) is 0. The van der Waals surface area contributed by atoms with Crippen molar-refractivity contribution >= 4 is 0 Å². The molecule has 1 unspecified atom stereocenters. The summed E-state index contributed by atoms with van der Waals surface area (Å²) in [7, 11) is 1.97. The average molecular weight is 186 g/mol. The first-order valence-electron chi connectivity index (χ1n) is 5.25. The Kier molecular flexibility index (Phi) is 13.6. The van der Waals surface area contributed by atoms with Crippen LogP contribution in [0.3, 0.4) is 0 Å². The van der Waals surface area contributed by atoms with Gasteiger partial charge >= 0.3 is 0 Å². The largest absolute Gasteiger partial charge is 0.330 e. The van der Waals surface area contributed by atoms with E-state index in [9.17, 15) is 0 Å². The van der Waals surface area contributed by atoms with Gasteiger partial charge < -0.3 is 11.1 Å². The molecular weight excluding hydrogens is 160 g/mol. The molecule has 2 heteroatoms. The second-order valence-electron chi connectivity index (χ2n) is 2.97. The summed E-state index contributed by atoms with van der Waals surface area (Å²) in [5, 5.41) is 3.22. The second-order valence-corrected chi connectivity index (χ2v) is 2.97. The molecule has 2 nitrogen and oxygen atoms in total. The van der Waals surface area contributed by atoms with E-state index in [2.05, 4.69) is 18.8 Å². The van der Waals surface area contributed by atoms with Gasteiger partial charge in [0.25, 0.3) is 0 Å². The SMILES string of the molecule is C=C(C)C(CCCCN)NC.CC. The molecule has 0 heterocycles. The van der Waals surface area contributed by atoms with Gasteiger partial charge in [-0.1, -0.05) is 32.4 Å². The maximum absolute atomic E-state index is 5.39. The molecule has 0 spiro atoms. The van der Waals surface area contributed by atoms with Crippen LogP contribution in [0.1, 0.15) is 40.0 Å². The second kappa shape index (κ2) is 11.7. The Morgan fingerprint density at radius 2 is 1.92 bits per heavy atom. The molecule has 0 saturated heterocycles. The minimum atomic E-state index is 0.474. The van der Waals surface area contributed by atoms with Gasteiger partial charge in [0.2, 0.25) is 0 Å². The lowest BCUT2D eigenvalue weighted by Gasteiger charge is -2.15. The Morgan fingerprint density at radius 1 is 1.38 bits per heavy atom. The van der Waals surface area contributed by atoms with Gasteiger partial charge in [0.1, 0.15) is 0 Å². The molecule has 0 saturated carbocycles. The molecule has 0 aromatic heterocycles. The van der Waals surface area contributed by atoms with Crippen LogP contribution in [0.5, 0.6) is 0 Å². The van der Waals surface area contributed by atoms with E-state index >= 15 is 0 Å². The summed E-state index contributed by atoms with van der Waals surface area (Å²) in [4.78, 5) is 0. The zero-order valence-electron chi connectivity index (χ0n) is 9.69. The van der Waals surface area contributed by atoms with E-state index in [0.717, 1.165) is 19.4 Å². The highest BCUT2D eigenvalue weighted by Gasteiger charge is 2.04. The number of unbranched alkanes of at least 4 members (excludes halogenated alkanes) is 1. The van der Waals surface area contributed by atoms with Gasteiger partial charge in [0.15, 0.2) is 0 Å². The third kappa shape index (κ3) is 9.57. The van der Waals surface area contributed by atoms with Crippen molar-refractivity contribution in [2.45, 2.75) is 46.1 Å². The highest BCUT2D eigenvalue weighted by Crippen LogP contribution is 2.06. The van der Waals surface area contributed by atoms with Gasteiger partial charge in [-0.05, 0) is 33.4 Å². The predicted molar refractivity (Wildman–Crippen MR) is 61.9 cm³/mol. The fourth-order valence-electron chi connectivity index (χ4n) is 1.13. The summed E-state index contributed by atoms with van der Waals surface area (Å²) in [5.41, 5.74) is 6.60. The first-order valence-corrected chi connectivity index (χ1v) is 5.25. The molecule has 0 bridgehead atoms. The first kappa shape index (κ1) is 15.1. The van der Waals surface area contributed by atoms with Crippen LogP contribution in [-0.2, 0) is 0 Å². The molecule has 0 radical (unpaired) electrons. The maximum atomic E-state index is 5.39. The van der Waals surface area contributed by atoms with Crippen molar-refractivity contribution in [2.24, 2.45) is 5.73 Å². The molecule has 0 fully saturated rings. The van der Waals surface area contributed by atoms with Gasteiger partial charge in [0.05, 0.1) is 0 Å². The van der Waals surface area contributed by atoms with Crippen molar-refractivity contribution in [1.82, 2.24) is 5.32 Å². The number of hydrogen-bond donors (Lipinski definition) is 2. The fourth-order valence-corrected chi connectivity index (χ4v) is 1.13. The quantitative estimate of drug-likeness (QED) is 0.493. The van der Waals surface area contributed by atoms with Crippen molar-refractivity contribution in [3.63, 3.8) is 0 Å². The maximum Gasteiger partial charge on any atom is 0.0271 e. The predicted octanol–water partition coefficient (Wildman–Crippen LogP) is 2.31. The van der Waals surface area contributed by atoms with Crippen molar-refractivity contribution in [3.8, 4) is 0 Å². The van der Waals surface area contributed by atoms with Crippen molar-refractivity contribution in [1.29, 1.82) is 0 Å². The summed E-state index contributed by atoms with van der Waals surface area (Å²) in [6.07, 6.45) is 3.46. The average Bonchev–Trinajstić information content (AvgIpc) is 2.15. The van der Waals surface area contributed by atoms with Gasteiger partial charge in [-0.2, -0.15) is 0 Å². The van der Waals surface area contributed by atoms with Crippen LogP contribution in [0.4, 0.5) is 0 Å². The zero-order valence-corrected chi connectivity index (χ0v) is 9.69. The van der Waals surface area contributed by atoms with E-state index in [1.807, 2.05) is 20.9 Å². The monoisotopic (exact) mass is 186 g/mol. The molecule has 3 N–H and O–H groups in total. The lowest BCUT2D eigenvalue weighted by atomic mass is 10.0. The molecular formula is C11H26N2. The van der Waals surface area contributed by atoms with Crippen LogP contribution < -0.4 is 11.1 Å². The first-order chi connectivity index (χ1) is 6.22.